The Bertz CT molecular complexity index is 560. The maximum atomic E-state index is 4.69. The van der Waals surface area contributed by atoms with Crippen LogP contribution in [0.2, 0.25) is 0 Å². The van der Waals surface area contributed by atoms with Gasteiger partial charge in [0.15, 0.2) is 0 Å². The van der Waals surface area contributed by atoms with Crippen molar-refractivity contribution in [3.05, 3.63) is 71.8 Å². The van der Waals surface area contributed by atoms with Gasteiger partial charge >= 0.3 is 0 Å². The second kappa shape index (κ2) is 5.27. The van der Waals surface area contributed by atoms with Crippen molar-refractivity contribution in [1.29, 1.82) is 0 Å². The van der Waals surface area contributed by atoms with Gasteiger partial charge < -0.3 is 0 Å². The van der Waals surface area contributed by atoms with Crippen LogP contribution in [-0.2, 0) is 6.54 Å². The van der Waals surface area contributed by atoms with Crippen LogP contribution >= 0.6 is 0 Å². The van der Waals surface area contributed by atoms with Gasteiger partial charge in [0, 0.05) is 12.1 Å². The molecule has 2 nitrogen and oxygen atoms in total. The van der Waals surface area contributed by atoms with Crippen LogP contribution in [0.3, 0.4) is 0 Å². The topological polar surface area (TPSA) is 15.6 Å². The highest BCUT2D eigenvalue weighted by atomic mass is 15.5. The lowest BCUT2D eigenvalue weighted by Crippen LogP contribution is -2.19. The van der Waals surface area contributed by atoms with Gasteiger partial charge in [0.2, 0.25) is 0 Å². The molecule has 1 atom stereocenters. The van der Waals surface area contributed by atoms with Crippen molar-refractivity contribution >= 4 is 5.71 Å². The largest absolute Gasteiger partial charge is 0.285 e. The summed E-state index contributed by atoms with van der Waals surface area (Å²) < 4.78 is 0. The summed E-state index contributed by atoms with van der Waals surface area (Å²) in [4.78, 5) is 0. The van der Waals surface area contributed by atoms with E-state index in [0.717, 1.165) is 13.0 Å². The second-order valence-electron chi connectivity index (χ2n) is 5.05. The third-order valence-corrected chi connectivity index (χ3v) is 3.52. The lowest BCUT2D eigenvalue weighted by molar-refractivity contribution is 0.224. The summed E-state index contributed by atoms with van der Waals surface area (Å²) in [6, 6.07) is 21.6. The molecule has 1 heterocycles. The molecule has 2 aromatic carbocycles. The quantitative estimate of drug-likeness (QED) is 0.803. The maximum Gasteiger partial charge on any atom is 0.0776 e. The molecule has 0 radical (unpaired) electrons. The lowest BCUT2D eigenvalue weighted by atomic mass is 10.0. The van der Waals surface area contributed by atoms with E-state index in [1.807, 2.05) is 0 Å². The predicted molar refractivity (Wildman–Crippen MR) is 78.9 cm³/mol. The van der Waals surface area contributed by atoms with E-state index in [1.54, 1.807) is 0 Å². The number of hydrazone groups is 1. The van der Waals surface area contributed by atoms with Crippen LogP contribution in [0.5, 0.6) is 0 Å². The standard InChI is InChI=1S/C17H18N2/c1-14-12-17(16-10-6-3-7-11-16)19(18-14)13-15-8-4-2-5-9-15/h2-11,17H,12-13H2,1H3. The van der Waals surface area contributed by atoms with Crippen molar-refractivity contribution in [2.24, 2.45) is 5.10 Å². The molecule has 1 unspecified atom stereocenters. The molecule has 1 aliphatic rings. The van der Waals surface area contributed by atoms with Crippen molar-refractivity contribution < 1.29 is 0 Å². The minimum Gasteiger partial charge on any atom is -0.285 e. The molecule has 0 fully saturated rings. The average Bonchev–Trinajstić information content (AvgIpc) is 2.82. The lowest BCUT2D eigenvalue weighted by Gasteiger charge is -2.24. The van der Waals surface area contributed by atoms with Crippen LogP contribution in [0.1, 0.15) is 30.5 Å². The van der Waals surface area contributed by atoms with Crippen LogP contribution < -0.4 is 0 Å². The molecule has 0 aromatic heterocycles. The van der Waals surface area contributed by atoms with Crippen LogP contribution in [0.4, 0.5) is 0 Å². The molecule has 3 rings (SSSR count). The Labute approximate surface area is 114 Å². The van der Waals surface area contributed by atoms with Gasteiger partial charge in [-0.25, -0.2) is 0 Å². The summed E-state index contributed by atoms with van der Waals surface area (Å²) in [6.07, 6.45) is 1.02. The molecule has 19 heavy (non-hydrogen) atoms. The fourth-order valence-electron chi connectivity index (χ4n) is 2.60. The molecule has 0 saturated heterocycles. The molecule has 96 valence electrons. The number of hydrogen-bond donors (Lipinski definition) is 0. The molecule has 0 bridgehead atoms. The summed E-state index contributed by atoms with van der Waals surface area (Å²) in [5, 5.41) is 6.90. The van der Waals surface area contributed by atoms with E-state index in [0.29, 0.717) is 6.04 Å². The van der Waals surface area contributed by atoms with Gasteiger partial charge in [-0.15, -0.1) is 0 Å². The first-order chi connectivity index (χ1) is 9.33. The van der Waals surface area contributed by atoms with Crippen molar-refractivity contribution in [2.45, 2.75) is 25.9 Å². The molecular formula is C17H18N2. The molecule has 2 aromatic rings. The summed E-state index contributed by atoms with van der Waals surface area (Å²) >= 11 is 0. The summed E-state index contributed by atoms with van der Waals surface area (Å²) in [5.74, 6) is 0. The highest BCUT2D eigenvalue weighted by Crippen LogP contribution is 2.31. The average molecular weight is 250 g/mol. The predicted octanol–water partition coefficient (Wildman–Crippen LogP) is 4.01. The molecule has 2 heteroatoms. The highest BCUT2D eigenvalue weighted by molar-refractivity contribution is 5.83. The summed E-state index contributed by atoms with van der Waals surface area (Å²) in [7, 11) is 0. The first-order valence-electron chi connectivity index (χ1n) is 6.72. The van der Waals surface area contributed by atoms with Crippen LogP contribution in [0.25, 0.3) is 0 Å². The first-order valence-corrected chi connectivity index (χ1v) is 6.72. The Morgan fingerprint density at radius 2 is 1.63 bits per heavy atom. The smallest absolute Gasteiger partial charge is 0.0776 e. The third kappa shape index (κ3) is 2.68. The minimum absolute atomic E-state index is 0.376. The van der Waals surface area contributed by atoms with Gasteiger partial charge in [-0.3, -0.25) is 5.01 Å². The monoisotopic (exact) mass is 250 g/mol. The fourth-order valence-corrected chi connectivity index (χ4v) is 2.60. The third-order valence-electron chi connectivity index (χ3n) is 3.52. The van der Waals surface area contributed by atoms with Crippen LogP contribution in [0.15, 0.2) is 65.8 Å². The highest BCUT2D eigenvalue weighted by Gasteiger charge is 2.25. The molecule has 0 amide bonds. The maximum absolute atomic E-state index is 4.69. The van der Waals surface area contributed by atoms with Gasteiger partial charge in [0.05, 0.1) is 12.6 Å². The summed E-state index contributed by atoms with van der Waals surface area (Å²) in [5.41, 5.74) is 3.87. The van der Waals surface area contributed by atoms with E-state index in [1.165, 1.54) is 16.8 Å². The fraction of sp³-hybridized carbons (Fsp3) is 0.235. The number of benzene rings is 2. The molecule has 0 N–H and O–H groups in total. The van der Waals surface area contributed by atoms with Crippen molar-refractivity contribution in [3.63, 3.8) is 0 Å². The Hall–Kier alpha value is -2.09. The van der Waals surface area contributed by atoms with Crippen LogP contribution in [-0.4, -0.2) is 10.7 Å². The van der Waals surface area contributed by atoms with E-state index >= 15 is 0 Å². The second-order valence-corrected chi connectivity index (χ2v) is 5.05. The normalized spacial score (nSPS) is 18.5. The molecule has 1 aliphatic heterocycles. The van der Waals surface area contributed by atoms with Crippen molar-refractivity contribution in [2.75, 3.05) is 0 Å². The van der Waals surface area contributed by atoms with E-state index in [2.05, 4.69) is 72.6 Å². The number of nitrogens with zero attached hydrogens (tertiary/aromatic N) is 2. The Morgan fingerprint density at radius 3 is 2.32 bits per heavy atom. The van der Waals surface area contributed by atoms with Gasteiger partial charge in [0.25, 0.3) is 0 Å². The zero-order valence-electron chi connectivity index (χ0n) is 11.2. The molecular weight excluding hydrogens is 232 g/mol. The SMILES string of the molecule is CC1=NN(Cc2ccccc2)C(c2ccccc2)C1. The van der Waals surface area contributed by atoms with Crippen molar-refractivity contribution in [3.8, 4) is 0 Å². The Balaban J connectivity index is 1.82. The number of rotatable bonds is 3. The van der Waals surface area contributed by atoms with Gasteiger partial charge in [0.1, 0.15) is 0 Å². The van der Waals surface area contributed by atoms with E-state index < -0.39 is 0 Å². The van der Waals surface area contributed by atoms with E-state index in [4.69, 9.17) is 5.10 Å². The number of hydrogen-bond acceptors (Lipinski definition) is 2. The van der Waals surface area contributed by atoms with Crippen molar-refractivity contribution in [1.82, 2.24) is 5.01 Å². The minimum atomic E-state index is 0.376. The van der Waals surface area contributed by atoms with Gasteiger partial charge in [-0.1, -0.05) is 60.7 Å². The van der Waals surface area contributed by atoms with E-state index in [9.17, 15) is 0 Å². The zero-order chi connectivity index (χ0) is 13.1. The van der Waals surface area contributed by atoms with Crippen LogP contribution in [0, 0.1) is 0 Å². The zero-order valence-corrected chi connectivity index (χ0v) is 11.2. The molecule has 0 spiro atoms. The van der Waals surface area contributed by atoms with E-state index in [-0.39, 0.29) is 0 Å². The first kappa shape index (κ1) is 12.0. The Kier molecular flexibility index (Phi) is 3.32. The molecule has 0 aliphatic carbocycles. The summed E-state index contributed by atoms with van der Waals surface area (Å²) in [6.45, 7) is 2.98. The van der Waals surface area contributed by atoms with Gasteiger partial charge in [-0.05, 0) is 18.1 Å². The van der Waals surface area contributed by atoms with Gasteiger partial charge in [-0.2, -0.15) is 5.10 Å². The Morgan fingerprint density at radius 1 is 1.00 bits per heavy atom. The molecule has 0 saturated carbocycles.